The van der Waals surface area contributed by atoms with Gasteiger partial charge in [0.1, 0.15) is 0 Å². The minimum Gasteiger partial charge on any atom is -0.481 e. The predicted molar refractivity (Wildman–Crippen MR) is 135 cm³/mol. The molecule has 5 rings (SSSR count). The summed E-state index contributed by atoms with van der Waals surface area (Å²) in [5.41, 5.74) is -0.437. The second kappa shape index (κ2) is 7.36. The second-order valence-corrected chi connectivity index (χ2v) is 14.8. The fourth-order valence-corrected chi connectivity index (χ4v) is 10.6. The zero-order valence-corrected chi connectivity index (χ0v) is 22.6. The van der Waals surface area contributed by atoms with Crippen molar-refractivity contribution in [3.05, 3.63) is 11.6 Å². The van der Waals surface area contributed by atoms with E-state index in [4.69, 9.17) is 0 Å². The molecule has 9 atom stereocenters. The molecule has 5 nitrogen and oxygen atoms in total. The van der Waals surface area contributed by atoms with Crippen LogP contribution in [0, 0.1) is 50.2 Å². The highest BCUT2D eigenvalue weighted by atomic mass is 16.4. The number of aliphatic carboxylic acids is 2. The van der Waals surface area contributed by atoms with Gasteiger partial charge in [0.05, 0.1) is 16.9 Å². The van der Waals surface area contributed by atoms with Gasteiger partial charge in [0, 0.05) is 0 Å². The molecule has 0 spiro atoms. The standard InChI is InChI=1S/C30H46O5/c1-25(2)13-15-30(24(34)35)16-14-27(4)18(19(30)17-25)7-8-20-26(3)11-10-22(31)29(6,23(32)33)21(26)9-12-28(20,27)5/h7,19-22,31H,8-17H2,1-6H3,(H,32,33)(H,34,35)/t19-,20-,21?,22?,26-,27-,28-,29?,30+/m1/s1. The summed E-state index contributed by atoms with van der Waals surface area (Å²) < 4.78 is 0. The fourth-order valence-electron chi connectivity index (χ4n) is 10.6. The predicted octanol–water partition coefficient (Wildman–Crippen LogP) is 6.30. The van der Waals surface area contributed by atoms with Crippen molar-refractivity contribution in [2.45, 2.75) is 112 Å². The van der Waals surface area contributed by atoms with Crippen molar-refractivity contribution in [3.63, 3.8) is 0 Å². The molecule has 4 fully saturated rings. The molecule has 4 saturated carbocycles. The Morgan fingerprint density at radius 1 is 0.829 bits per heavy atom. The number of carboxylic acid groups (broad SMARTS) is 2. The van der Waals surface area contributed by atoms with Crippen LogP contribution in [-0.4, -0.2) is 33.4 Å². The smallest absolute Gasteiger partial charge is 0.312 e. The summed E-state index contributed by atoms with van der Waals surface area (Å²) in [7, 11) is 0. The first-order valence-electron chi connectivity index (χ1n) is 13.9. The van der Waals surface area contributed by atoms with E-state index in [1.54, 1.807) is 6.92 Å². The number of aliphatic hydroxyl groups excluding tert-OH is 1. The van der Waals surface area contributed by atoms with Crippen molar-refractivity contribution in [1.82, 2.24) is 0 Å². The molecular formula is C30H46O5. The summed E-state index contributed by atoms with van der Waals surface area (Å²) in [6, 6.07) is 0. The molecular weight excluding hydrogens is 440 g/mol. The second-order valence-electron chi connectivity index (χ2n) is 14.8. The average Bonchev–Trinajstić information content (AvgIpc) is 2.76. The van der Waals surface area contributed by atoms with E-state index in [0.717, 1.165) is 57.8 Å². The molecule has 3 N–H and O–H groups in total. The normalized spacial score (nSPS) is 52.7. The number of hydrogen-bond acceptors (Lipinski definition) is 3. The number of fused-ring (bicyclic) bond motifs is 7. The van der Waals surface area contributed by atoms with Gasteiger partial charge in [0.25, 0.3) is 0 Å². The molecule has 0 bridgehead atoms. The lowest BCUT2D eigenvalue weighted by Gasteiger charge is -2.70. The third-order valence-corrected chi connectivity index (χ3v) is 13.2. The Bertz CT molecular complexity index is 983. The number of hydrogen-bond donors (Lipinski definition) is 3. The van der Waals surface area contributed by atoms with Crippen molar-refractivity contribution in [2.75, 3.05) is 0 Å². The van der Waals surface area contributed by atoms with Crippen LogP contribution >= 0.6 is 0 Å². The van der Waals surface area contributed by atoms with Crippen molar-refractivity contribution in [3.8, 4) is 0 Å². The molecule has 0 amide bonds. The number of rotatable bonds is 2. The number of aliphatic hydroxyl groups is 1. The Morgan fingerprint density at radius 2 is 1.49 bits per heavy atom. The zero-order chi connectivity index (χ0) is 25.8. The van der Waals surface area contributed by atoms with Gasteiger partial charge in [-0.15, -0.1) is 0 Å². The lowest BCUT2D eigenvalue weighted by atomic mass is 9.33. The maximum absolute atomic E-state index is 12.8. The molecule has 35 heavy (non-hydrogen) atoms. The molecule has 0 saturated heterocycles. The first kappa shape index (κ1) is 25.3. The molecule has 0 heterocycles. The Morgan fingerprint density at radius 3 is 2.11 bits per heavy atom. The molecule has 0 aromatic rings. The fraction of sp³-hybridized carbons (Fsp3) is 0.867. The van der Waals surface area contributed by atoms with Crippen molar-refractivity contribution in [1.29, 1.82) is 0 Å². The minimum absolute atomic E-state index is 0.00368. The van der Waals surface area contributed by atoms with Crippen molar-refractivity contribution >= 4 is 11.9 Å². The van der Waals surface area contributed by atoms with E-state index in [9.17, 15) is 24.9 Å². The van der Waals surface area contributed by atoms with Crippen LogP contribution in [0.5, 0.6) is 0 Å². The Hall–Kier alpha value is -1.36. The summed E-state index contributed by atoms with van der Waals surface area (Å²) in [5, 5.41) is 31.6. The van der Waals surface area contributed by atoms with Crippen LogP contribution in [0.4, 0.5) is 0 Å². The highest BCUT2D eigenvalue weighted by molar-refractivity contribution is 5.77. The maximum Gasteiger partial charge on any atom is 0.312 e. The van der Waals surface area contributed by atoms with E-state index in [1.807, 2.05) is 0 Å². The first-order valence-corrected chi connectivity index (χ1v) is 13.9. The summed E-state index contributed by atoms with van der Waals surface area (Å²) in [6.07, 6.45) is 9.97. The molecule has 196 valence electrons. The Kier molecular flexibility index (Phi) is 5.32. The van der Waals surface area contributed by atoms with E-state index >= 15 is 0 Å². The highest BCUT2D eigenvalue weighted by Gasteiger charge is 2.70. The molecule has 0 radical (unpaired) electrons. The number of carboxylic acids is 2. The van der Waals surface area contributed by atoms with Crippen LogP contribution in [0.15, 0.2) is 11.6 Å². The largest absolute Gasteiger partial charge is 0.481 e. The lowest BCUT2D eigenvalue weighted by molar-refractivity contribution is -0.217. The topological polar surface area (TPSA) is 94.8 Å². The van der Waals surface area contributed by atoms with Gasteiger partial charge in [-0.2, -0.15) is 0 Å². The number of carbonyl (C=O) groups is 2. The zero-order valence-electron chi connectivity index (χ0n) is 22.6. The van der Waals surface area contributed by atoms with Gasteiger partial charge >= 0.3 is 11.9 Å². The lowest BCUT2D eigenvalue weighted by Crippen LogP contribution is -2.66. The van der Waals surface area contributed by atoms with Gasteiger partial charge in [0.15, 0.2) is 0 Å². The molecule has 5 aliphatic rings. The molecule has 3 unspecified atom stereocenters. The van der Waals surface area contributed by atoms with Gasteiger partial charge in [-0.1, -0.05) is 46.3 Å². The van der Waals surface area contributed by atoms with Gasteiger partial charge in [-0.3, -0.25) is 9.59 Å². The monoisotopic (exact) mass is 486 g/mol. The molecule has 0 aromatic carbocycles. The molecule has 5 aliphatic carbocycles. The van der Waals surface area contributed by atoms with Crippen LogP contribution in [0.2, 0.25) is 0 Å². The third-order valence-electron chi connectivity index (χ3n) is 13.2. The highest BCUT2D eigenvalue weighted by Crippen LogP contribution is 2.75. The SMILES string of the molecule is CC1(C)CC[C@]2(C(=O)O)CC[C@]3(C)C(=CC[C@@H]4[C@@]5(C)CCC(O)C(C)(C(=O)O)C5CC[C@]43C)[C@H]2C1. The van der Waals surface area contributed by atoms with Crippen LogP contribution in [0.25, 0.3) is 0 Å². The quantitative estimate of drug-likeness (QED) is 0.398. The van der Waals surface area contributed by atoms with Crippen LogP contribution in [0.3, 0.4) is 0 Å². The summed E-state index contributed by atoms with van der Waals surface area (Å²) >= 11 is 0. The van der Waals surface area contributed by atoms with Gasteiger partial charge in [-0.25, -0.2) is 0 Å². The van der Waals surface area contributed by atoms with E-state index in [1.165, 1.54) is 5.57 Å². The van der Waals surface area contributed by atoms with Crippen LogP contribution < -0.4 is 0 Å². The summed E-state index contributed by atoms with van der Waals surface area (Å²) in [6.45, 7) is 13.5. The van der Waals surface area contributed by atoms with Crippen LogP contribution in [-0.2, 0) is 9.59 Å². The van der Waals surface area contributed by atoms with E-state index in [2.05, 4.69) is 40.7 Å². The van der Waals surface area contributed by atoms with E-state index in [-0.39, 0.29) is 33.5 Å². The first-order chi connectivity index (χ1) is 16.1. The number of allylic oxidation sites excluding steroid dienone is 2. The molecule has 0 aliphatic heterocycles. The van der Waals surface area contributed by atoms with Crippen molar-refractivity contribution in [2.24, 2.45) is 50.2 Å². The van der Waals surface area contributed by atoms with Gasteiger partial charge in [-0.05, 0) is 111 Å². The van der Waals surface area contributed by atoms with E-state index in [0.29, 0.717) is 12.3 Å². The minimum atomic E-state index is -1.11. The summed E-state index contributed by atoms with van der Waals surface area (Å²) in [4.78, 5) is 25.3. The van der Waals surface area contributed by atoms with Crippen LogP contribution in [0.1, 0.15) is 106 Å². The van der Waals surface area contributed by atoms with Gasteiger partial charge < -0.3 is 15.3 Å². The third kappa shape index (κ3) is 2.97. The Labute approximate surface area is 210 Å². The van der Waals surface area contributed by atoms with Gasteiger partial charge in [0.2, 0.25) is 0 Å². The van der Waals surface area contributed by atoms with Crippen molar-refractivity contribution < 1.29 is 24.9 Å². The molecule has 5 heteroatoms. The molecule has 0 aromatic heterocycles. The summed E-state index contributed by atoms with van der Waals surface area (Å²) in [5.74, 6) is -1.10. The average molecular weight is 487 g/mol. The van der Waals surface area contributed by atoms with E-state index < -0.39 is 28.9 Å². The maximum atomic E-state index is 12.8. The Balaban J connectivity index is 1.60.